The van der Waals surface area contributed by atoms with Gasteiger partial charge in [0, 0.05) is 23.3 Å². The standard InChI is InChI=1S/C54H52N2/c1-53(2,3)46-36-51(56-49(39-23-15-9-16-24-39)31-32-50(56)40-25-17-10-18-26-40)52(54(4,5)6)45-34-41-27-28-43(33-42(41)35-44(45)46)55-47(37-19-11-7-12-20-37)29-30-48(55)38-21-13-8-14-22-38/h7-21,23-29,31-36,38,48H,22,30H2,1-6H3. The van der Waals surface area contributed by atoms with Crippen molar-refractivity contribution in [1.29, 1.82) is 0 Å². The maximum atomic E-state index is 2.63. The molecule has 0 saturated carbocycles. The van der Waals surface area contributed by atoms with E-state index in [0.717, 1.165) is 12.8 Å². The monoisotopic (exact) mass is 728 g/mol. The van der Waals surface area contributed by atoms with Gasteiger partial charge in [-0.1, -0.05) is 169 Å². The SMILES string of the molecule is CC(C)(C)c1cc(-n2c(-c3ccccc3)ccc2-c2ccccc2)c(C(C)(C)C)c2cc3ccc(N4C(c5ccccc5)=CCC4C4C=CC=CC4)cc3cc12. The highest BCUT2D eigenvalue weighted by atomic mass is 15.2. The van der Waals surface area contributed by atoms with Crippen LogP contribution in [0.15, 0.2) is 170 Å². The van der Waals surface area contributed by atoms with Gasteiger partial charge in [-0.05, 0) is 115 Å². The second kappa shape index (κ2) is 14.0. The molecule has 56 heavy (non-hydrogen) atoms. The molecule has 0 amide bonds. The first-order chi connectivity index (χ1) is 27.1. The minimum absolute atomic E-state index is 0.105. The van der Waals surface area contributed by atoms with Crippen molar-refractivity contribution in [2.24, 2.45) is 5.92 Å². The molecule has 0 N–H and O–H groups in total. The molecule has 0 fully saturated rings. The van der Waals surface area contributed by atoms with Crippen molar-refractivity contribution in [2.45, 2.75) is 71.3 Å². The zero-order valence-electron chi connectivity index (χ0n) is 33.6. The average molecular weight is 729 g/mol. The Morgan fingerprint density at radius 2 is 1.14 bits per heavy atom. The molecule has 2 atom stereocenters. The van der Waals surface area contributed by atoms with Crippen molar-refractivity contribution in [3.63, 3.8) is 0 Å². The molecule has 2 heteroatoms. The van der Waals surface area contributed by atoms with Gasteiger partial charge in [-0.25, -0.2) is 0 Å². The van der Waals surface area contributed by atoms with Gasteiger partial charge in [0.1, 0.15) is 0 Å². The summed E-state index contributed by atoms with van der Waals surface area (Å²) in [5.41, 5.74) is 12.4. The molecule has 2 heterocycles. The van der Waals surface area contributed by atoms with Gasteiger partial charge in [-0.2, -0.15) is 0 Å². The van der Waals surface area contributed by atoms with Gasteiger partial charge in [-0.3, -0.25) is 0 Å². The number of aromatic nitrogens is 1. The Bertz CT molecular complexity index is 2580. The molecule has 0 radical (unpaired) electrons. The zero-order chi connectivity index (χ0) is 38.6. The molecule has 6 aromatic carbocycles. The van der Waals surface area contributed by atoms with E-state index in [0.29, 0.717) is 12.0 Å². The lowest BCUT2D eigenvalue weighted by molar-refractivity contribution is 0.514. The summed E-state index contributed by atoms with van der Waals surface area (Å²) in [5.74, 6) is 0.459. The molecule has 1 aromatic heterocycles. The maximum absolute atomic E-state index is 2.63. The van der Waals surface area contributed by atoms with Crippen LogP contribution in [0.5, 0.6) is 0 Å². The molecule has 0 spiro atoms. The Kier molecular flexibility index (Phi) is 8.96. The summed E-state index contributed by atoms with van der Waals surface area (Å²) in [6.07, 6.45) is 13.7. The van der Waals surface area contributed by atoms with E-state index in [1.807, 2.05) is 0 Å². The molecule has 0 bridgehead atoms. The predicted molar refractivity (Wildman–Crippen MR) is 241 cm³/mol. The van der Waals surface area contributed by atoms with Crippen LogP contribution in [0, 0.1) is 5.92 Å². The van der Waals surface area contributed by atoms with Gasteiger partial charge < -0.3 is 9.47 Å². The second-order valence-corrected chi connectivity index (χ2v) is 17.8. The molecule has 1 aliphatic carbocycles. The topological polar surface area (TPSA) is 8.17 Å². The molecular weight excluding hydrogens is 677 g/mol. The maximum Gasteiger partial charge on any atom is 0.0535 e. The van der Waals surface area contributed by atoms with Gasteiger partial charge in [0.05, 0.1) is 17.1 Å². The normalized spacial score (nSPS) is 17.2. The molecule has 2 nitrogen and oxygen atoms in total. The van der Waals surface area contributed by atoms with E-state index in [1.54, 1.807) is 0 Å². The number of benzene rings is 6. The second-order valence-electron chi connectivity index (χ2n) is 17.8. The van der Waals surface area contributed by atoms with E-state index in [-0.39, 0.29) is 10.8 Å². The van der Waals surface area contributed by atoms with Crippen LogP contribution in [0.1, 0.15) is 71.1 Å². The summed E-state index contributed by atoms with van der Waals surface area (Å²) in [4.78, 5) is 2.63. The van der Waals surface area contributed by atoms with E-state index in [9.17, 15) is 0 Å². The average Bonchev–Trinajstić information content (AvgIpc) is 3.86. The number of nitrogens with zero attached hydrogens (tertiary/aromatic N) is 2. The number of allylic oxidation sites excluding steroid dienone is 3. The summed E-state index contributed by atoms with van der Waals surface area (Å²) >= 11 is 0. The Morgan fingerprint density at radius 3 is 1.71 bits per heavy atom. The lowest BCUT2D eigenvalue weighted by Crippen LogP contribution is -2.35. The van der Waals surface area contributed by atoms with E-state index in [1.165, 1.54) is 77.8 Å². The quantitative estimate of drug-likeness (QED) is 0.155. The minimum atomic E-state index is -0.149. The largest absolute Gasteiger partial charge is 0.337 e. The van der Waals surface area contributed by atoms with Crippen molar-refractivity contribution in [1.82, 2.24) is 4.57 Å². The lowest BCUT2D eigenvalue weighted by atomic mass is 9.76. The molecule has 9 rings (SSSR count). The summed E-state index contributed by atoms with van der Waals surface area (Å²) < 4.78 is 2.53. The molecule has 1 aliphatic heterocycles. The summed E-state index contributed by atoms with van der Waals surface area (Å²) in [5, 5.41) is 5.21. The minimum Gasteiger partial charge on any atom is -0.337 e. The first-order valence-corrected chi connectivity index (χ1v) is 20.3. The van der Waals surface area contributed by atoms with Crippen LogP contribution < -0.4 is 4.90 Å². The van der Waals surface area contributed by atoms with Crippen LogP contribution in [0.3, 0.4) is 0 Å². The summed E-state index contributed by atoms with van der Waals surface area (Å²) in [6.45, 7) is 14.2. The smallest absolute Gasteiger partial charge is 0.0535 e. The van der Waals surface area contributed by atoms with E-state index in [2.05, 4.69) is 221 Å². The van der Waals surface area contributed by atoms with Gasteiger partial charge in [0.15, 0.2) is 0 Å². The van der Waals surface area contributed by atoms with Crippen molar-refractivity contribution in [2.75, 3.05) is 4.90 Å². The van der Waals surface area contributed by atoms with Crippen LogP contribution >= 0.6 is 0 Å². The fourth-order valence-electron chi connectivity index (χ4n) is 9.30. The summed E-state index contributed by atoms with van der Waals surface area (Å²) in [7, 11) is 0. The fraction of sp³-hybridized carbons (Fsp3) is 0.222. The number of fused-ring (bicyclic) bond motifs is 2. The third kappa shape index (κ3) is 6.41. The number of hydrogen-bond acceptors (Lipinski definition) is 1. The van der Waals surface area contributed by atoms with Gasteiger partial charge in [0.2, 0.25) is 0 Å². The Balaban J connectivity index is 1.29. The highest BCUT2D eigenvalue weighted by Crippen LogP contribution is 2.46. The van der Waals surface area contributed by atoms with Crippen molar-refractivity contribution >= 4 is 32.9 Å². The highest BCUT2D eigenvalue weighted by molar-refractivity contribution is 6.05. The van der Waals surface area contributed by atoms with Crippen molar-refractivity contribution < 1.29 is 0 Å². The molecule has 0 saturated heterocycles. The highest BCUT2D eigenvalue weighted by Gasteiger charge is 2.34. The van der Waals surface area contributed by atoms with Crippen molar-refractivity contribution in [3.8, 4) is 28.2 Å². The summed E-state index contributed by atoms with van der Waals surface area (Å²) in [6, 6.07) is 52.3. The first-order valence-electron chi connectivity index (χ1n) is 20.3. The predicted octanol–water partition coefficient (Wildman–Crippen LogP) is 14.5. The number of anilines is 1. The fourth-order valence-corrected chi connectivity index (χ4v) is 9.30. The van der Waals surface area contributed by atoms with Gasteiger partial charge in [0.25, 0.3) is 0 Å². The Morgan fingerprint density at radius 1 is 0.536 bits per heavy atom. The Hall–Kier alpha value is -5.86. The molecule has 7 aromatic rings. The zero-order valence-corrected chi connectivity index (χ0v) is 33.6. The van der Waals surface area contributed by atoms with Gasteiger partial charge in [-0.15, -0.1) is 0 Å². The lowest BCUT2D eigenvalue weighted by Gasteiger charge is -2.35. The van der Waals surface area contributed by atoms with Crippen LogP contribution in [-0.2, 0) is 10.8 Å². The number of rotatable bonds is 6. The van der Waals surface area contributed by atoms with Crippen LogP contribution in [0.4, 0.5) is 5.69 Å². The van der Waals surface area contributed by atoms with E-state index >= 15 is 0 Å². The van der Waals surface area contributed by atoms with E-state index < -0.39 is 0 Å². The van der Waals surface area contributed by atoms with Crippen LogP contribution in [-0.4, -0.2) is 10.6 Å². The Labute approximate surface area is 333 Å². The molecular formula is C54H52N2. The molecule has 2 unspecified atom stereocenters. The van der Waals surface area contributed by atoms with Crippen LogP contribution in [0.2, 0.25) is 0 Å². The number of hydrogen-bond donors (Lipinski definition) is 0. The van der Waals surface area contributed by atoms with Crippen LogP contribution in [0.25, 0.3) is 55.4 Å². The van der Waals surface area contributed by atoms with Crippen molar-refractivity contribution in [3.05, 3.63) is 187 Å². The van der Waals surface area contributed by atoms with E-state index in [4.69, 9.17) is 0 Å². The molecule has 278 valence electrons. The molecule has 2 aliphatic rings. The third-order valence-electron chi connectivity index (χ3n) is 11.9. The first kappa shape index (κ1) is 35.8. The third-order valence-corrected chi connectivity index (χ3v) is 11.9. The van der Waals surface area contributed by atoms with Gasteiger partial charge >= 0.3 is 0 Å².